The minimum Gasteiger partial charge on any atom is -0.379 e. The first-order valence-electron chi connectivity index (χ1n) is 10.3. The van der Waals surface area contributed by atoms with Gasteiger partial charge < -0.3 is 9.47 Å². The van der Waals surface area contributed by atoms with Gasteiger partial charge in [0.25, 0.3) is 0 Å². The van der Waals surface area contributed by atoms with Crippen molar-refractivity contribution in [2.24, 2.45) is 9.85 Å². The molecule has 2 saturated heterocycles. The predicted octanol–water partition coefficient (Wildman–Crippen LogP) is 4.70. The van der Waals surface area contributed by atoms with E-state index in [1.54, 1.807) is 12.3 Å². The van der Waals surface area contributed by atoms with E-state index in [0.29, 0.717) is 47.1 Å². The topological polar surface area (TPSA) is 61.7 Å². The van der Waals surface area contributed by atoms with E-state index in [4.69, 9.17) is 49.6 Å². The van der Waals surface area contributed by atoms with Gasteiger partial charge in [-0.15, -0.1) is 0 Å². The van der Waals surface area contributed by atoms with E-state index in [0.717, 1.165) is 26.2 Å². The Morgan fingerprint density at radius 1 is 1.06 bits per heavy atom. The van der Waals surface area contributed by atoms with Gasteiger partial charge in [-0.25, -0.2) is 4.74 Å². The summed E-state index contributed by atoms with van der Waals surface area (Å²) >= 11 is 18.0. The van der Waals surface area contributed by atoms with Crippen LogP contribution >= 0.6 is 42.8 Å². The fraction of sp³-hybridized carbons (Fsp3) is 0.600. The number of hydrazone groups is 1. The molecule has 1 N–H and O–H groups in total. The number of nitrogens with one attached hydrogen (secondary N) is 1. The molecule has 0 atom stereocenters. The van der Waals surface area contributed by atoms with Gasteiger partial charge in [-0.1, -0.05) is 56.1 Å². The van der Waals surface area contributed by atoms with Gasteiger partial charge in [0.15, 0.2) is 0 Å². The first-order valence-corrected chi connectivity index (χ1v) is 13.1. The van der Waals surface area contributed by atoms with Crippen LogP contribution in [-0.2, 0) is 9.47 Å². The van der Waals surface area contributed by atoms with Gasteiger partial charge in [-0.05, 0) is 18.3 Å². The van der Waals surface area contributed by atoms with E-state index in [1.165, 1.54) is 0 Å². The minimum absolute atomic E-state index is 0.118. The van der Waals surface area contributed by atoms with Crippen molar-refractivity contribution in [3.63, 3.8) is 0 Å². The lowest BCUT2D eigenvalue weighted by atomic mass is 10.2. The molecule has 2 aliphatic rings. The van der Waals surface area contributed by atoms with Crippen molar-refractivity contribution in [2.75, 3.05) is 52.6 Å². The van der Waals surface area contributed by atoms with Crippen LogP contribution in [0.1, 0.15) is 26.3 Å². The maximum Gasteiger partial charge on any atom is 0.214 e. The molecule has 0 bridgehead atoms. The van der Waals surface area contributed by atoms with Crippen LogP contribution < -0.4 is 5.43 Å². The molecule has 31 heavy (non-hydrogen) atoms. The van der Waals surface area contributed by atoms with Crippen molar-refractivity contribution in [3.05, 3.63) is 33.8 Å². The Balaban J connectivity index is 1.92. The summed E-state index contributed by atoms with van der Waals surface area (Å²) in [6, 6.07) is 5.40. The van der Waals surface area contributed by atoms with Gasteiger partial charge in [0.2, 0.25) is 5.11 Å². The highest BCUT2D eigenvalue weighted by Crippen LogP contribution is 2.66. The normalized spacial score (nSPS) is 19.5. The van der Waals surface area contributed by atoms with Crippen molar-refractivity contribution in [2.45, 2.75) is 25.9 Å². The molecule has 0 amide bonds. The van der Waals surface area contributed by atoms with Gasteiger partial charge in [-0.3, -0.25) is 14.8 Å². The molecule has 1 aromatic carbocycles. The second kappa shape index (κ2) is 11.0. The summed E-state index contributed by atoms with van der Waals surface area (Å²) in [5, 5.41) is 5.45. The molecule has 1 aromatic rings. The van der Waals surface area contributed by atoms with Crippen molar-refractivity contribution < 1.29 is 9.47 Å². The molecule has 2 fully saturated rings. The highest BCUT2D eigenvalue weighted by Gasteiger charge is 2.45. The lowest BCUT2D eigenvalue weighted by Gasteiger charge is -2.52. The zero-order valence-corrected chi connectivity index (χ0v) is 21.4. The average molecular weight is 506 g/mol. The highest BCUT2D eigenvalue weighted by atomic mass is 35.5. The monoisotopic (exact) mass is 505 g/mol. The van der Waals surface area contributed by atoms with Crippen LogP contribution in [0.15, 0.2) is 28.0 Å². The molecular weight excluding hydrogens is 476 g/mol. The van der Waals surface area contributed by atoms with E-state index < -0.39 is 7.36 Å². The second-order valence-corrected chi connectivity index (χ2v) is 13.3. The fourth-order valence-corrected chi connectivity index (χ4v) is 8.99. The first-order chi connectivity index (χ1) is 14.8. The maximum absolute atomic E-state index is 6.24. The van der Waals surface area contributed by atoms with E-state index >= 15 is 0 Å². The zero-order valence-electron chi connectivity index (χ0n) is 18.2. The summed E-state index contributed by atoms with van der Waals surface area (Å²) in [4.78, 5) is 0. The van der Waals surface area contributed by atoms with Crippen LogP contribution in [-0.4, -0.2) is 78.4 Å². The molecule has 172 valence electrons. The van der Waals surface area contributed by atoms with Crippen molar-refractivity contribution in [1.29, 1.82) is 0 Å². The molecule has 3 rings (SSSR count). The Labute approximate surface area is 200 Å². The number of rotatable bonds is 4. The van der Waals surface area contributed by atoms with Gasteiger partial charge in [0.05, 0.1) is 42.7 Å². The van der Waals surface area contributed by atoms with Crippen LogP contribution in [0.25, 0.3) is 0 Å². The molecule has 2 heterocycles. The molecule has 7 nitrogen and oxygen atoms in total. The Hall–Kier alpha value is -0.570. The molecule has 0 aliphatic carbocycles. The van der Waals surface area contributed by atoms with Gasteiger partial charge in [0.1, 0.15) is 7.36 Å². The summed E-state index contributed by atoms with van der Waals surface area (Å²) in [5.74, 6) is 0. The lowest BCUT2D eigenvalue weighted by molar-refractivity contribution is 0.0551. The number of benzene rings is 1. The molecule has 0 radical (unpaired) electrons. The van der Waals surface area contributed by atoms with Crippen LogP contribution in [0.2, 0.25) is 10.0 Å². The van der Waals surface area contributed by atoms with Crippen LogP contribution in [0.5, 0.6) is 0 Å². The van der Waals surface area contributed by atoms with Crippen molar-refractivity contribution in [3.8, 4) is 0 Å². The quantitative estimate of drug-likeness (QED) is 0.277. The summed E-state index contributed by atoms with van der Waals surface area (Å²) < 4.78 is 21.4. The zero-order chi connectivity index (χ0) is 22.5. The molecule has 0 unspecified atom stereocenters. The van der Waals surface area contributed by atoms with Gasteiger partial charge in [0, 0.05) is 36.9 Å². The number of nitrogens with zero attached hydrogens (tertiary/aromatic N) is 4. The summed E-state index contributed by atoms with van der Waals surface area (Å²) in [6.07, 6.45) is 1.61. The third-order valence-corrected chi connectivity index (χ3v) is 11.0. The smallest absolute Gasteiger partial charge is 0.214 e. The molecule has 11 heteroatoms. The lowest BCUT2D eigenvalue weighted by Crippen LogP contribution is -2.48. The number of ether oxygens (including phenoxy) is 2. The van der Waals surface area contributed by atoms with Crippen molar-refractivity contribution >= 4 is 54.1 Å². The fourth-order valence-electron chi connectivity index (χ4n) is 3.90. The number of hydrogen-bond acceptors (Lipinski definition) is 4. The molecule has 0 aromatic heterocycles. The summed E-state index contributed by atoms with van der Waals surface area (Å²) in [6.45, 7) is 12.8. The minimum atomic E-state index is -2.21. The molecular formula is C20H30Cl2N5O2PS. The van der Waals surface area contributed by atoms with Crippen molar-refractivity contribution in [1.82, 2.24) is 14.8 Å². The predicted molar refractivity (Wildman–Crippen MR) is 134 cm³/mol. The van der Waals surface area contributed by atoms with Crippen LogP contribution in [0, 0.1) is 0 Å². The summed E-state index contributed by atoms with van der Waals surface area (Å²) in [5.41, 5.74) is 3.64. The average Bonchev–Trinajstić information content (AvgIpc) is 2.75. The standard InChI is InChI=1S/C20H30Cl2N5O2PS/c1-20(2,3)30(26-7-11-28-12-8-26,27-9-13-29-14-10-27)25-19(31)24-23-15-16-5-4-6-17(21)18(16)22/h4-6,15H,7-14H2,1-3H3,(H,24,31)/b23-15-. The third kappa shape index (κ3) is 5.87. The number of morpholine rings is 2. The van der Waals surface area contributed by atoms with E-state index in [2.05, 4.69) is 40.6 Å². The largest absolute Gasteiger partial charge is 0.379 e. The number of halogens is 2. The Morgan fingerprint density at radius 3 is 2.13 bits per heavy atom. The number of hydrogen-bond donors (Lipinski definition) is 1. The van der Waals surface area contributed by atoms with E-state index in [1.807, 2.05) is 12.1 Å². The third-order valence-electron chi connectivity index (χ3n) is 5.24. The molecule has 0 saturated carbocycles. The maximum atomic E-state index is 6.24. The van der Waals surface area contributed by atoms with E-state index in [-0.39, 0.29) is 5.16 Å². The Morgan fingerprint density at radius 2 is 1.61 bits per heavy atom. The Kier molecular flexibility index (Phi) is 8.92. The summed E-state index contributed by atoms with van der Waals surface area (Å²) in [7, 11) is -2.21. The van der Waals surface area contributed by atoms with E-state index in [9.17, 15) is 0 Å². The molecule has 0 spiro atoms. The first kappa shape index (κ1) is 25.1. The molecule has 2 aliphatic heterocycles. The Bertz CT molecular complexity index is 844. The number of thiocarbonyl (C=S) groups is 1. The highest BCUT2D eigenvalue weighted by molar-refractivity contribution is 7.81. The SMILES string of the molecule is CC(C)(C)P(=NC(=S)N/N=C\c1cccc(Cl)c1Cl)(N1CCOCC1)N1CCOCC1. The second-order valence-electron chi connectivity index (χ2n) is 8.29. The van der Waals surface area contributed by atoms with Crippen LogP contribution in [0.4, 0.5) is 0 Å². The van der Waals surface area contributed by atoms with Gasteiger partial charge in [-0.2, -0.15) is 5.10 Å². The van der Waals surface area contributed by atoms with Gasteiger partial charge >= 0.3 is 0 Å². The van der Waals surface area contributed by atoms with Crippen LogP contribution in [0.3, 0.4) is 0 Å².